The summed E-state index contributed by atoms with van der Waals surface area (Å²) >= 11 is 0. The number of aliphatic hydroxyl groups is 1. The van der Waals surface area contributed by atoms with Crippen molar-refractivity contribution in [1.29, 1.82) is 0 Å². The largest absolute Gasteiger partial charge is 0.444 e. The first-order chi connectivity index (χ1) is 16.6. The number of hydroxylamine groups is 1. The molecular formula is C25H39FN4O5. The number of nitrogens with zero attached hydrogens (tertiary/aromatic N) is 3. The van der Waals surface area contributed by atoms with Gasteiger partial charge in [0.25, 0.3) is 0 Å². The highest BCUT2D eigenvalue weighted by Crippen LogP contribution is 2.36. The Morgan fingerprint density at radius 1 is 1.17 bits per heavy atom. The number of amides is 2. The summed E-state index contributed by atoms with van der Waals surface area (Å²) in [5.74, 6) is -0.822. The lowest BCUT2D eigenvalue weighted by atomic mass is 9.73. The highest BCUT2D eigenvalue weighted by molar-refractivity contribution is 5.82. The molecule has 9 nitrogen and oxygen atoms in total. The lowest BCUT2D eigenvalue weighted by molar-refractivity contribution is -0.150. The van der Waals surface area contributed by atoms with Crippen molar-refractivity contribution in [2.24, 2.45) is 5.41 Å². The van der Waals surface area contributed by atoms with E-state index in [1.54, 1.807) is 31.9 Å². The van der Waals surface area contributed by atoms with Crippen LogP contribution in [0, 0.1) is 11.2 Å². The normalized spacial score (nSPS) is 19.7. The second kappa shape index (κ2) is 12.1. The molecule has 0 unspecified atom stereocenters. The van der Waals surface area contributed by atoms with Crippen LogP contribution < -0.4 is 5.48 Å². The molecule has 0 spiro atoms. The van der Waals surface area contributed by atoms with Crippen LogP contribution in [0.5, 0.6) is 0 Å². The molecule has 0 saturated carbocycles. The Morgan fingerprint density at radius 3 is 2.49 bits per heavy atom. The lowest BCUT2D eigenvalue weighted by Gasteiger charge is -2.40. The highest BCUT2D eigenvalue weighted by Gasteiger charge is 2.43. The molecule has 0 bridgehead atoms. The molecule has 35 heavy (non-hydrogen) atoms. The van der Waals surface area contributed by atoms with Gasteiger partial charge in [-0.05, 0) is 77.6 Å². The predicted molar refractivity (Wildman–Crippen MR) is 128 cm³/mol. The van der Waals surface area contributed by atoms with Crippen LogP contribution in [0.4, 0.5) is 9.18 Å². The maximum Gasteiger partial charge on any atom is 0.410 e. The number of piperidine rings is 2. The first-order valence-electron chi connectivity index (χ1n) is 12.5. The molecule has 3 rings (SSSR count). The number of β-amino-alcohol motifs (C(OH)–C–C–N with tert-alkyl or cyclic N) is 1. The summed E-state index contributed by atoms with van der Waals surface area (Å²) in [7, 11) is 0. The zero-order valence-electron chi connectivity index (χ0n) is 21.1. The topological polar surface area (TPSA) is 104 Å². The van der Waals surface area contributed by atoms with Gasteiger partial charge in [0.1, 0.15) is 18.0 Å². The van der Waals surface area contributed by atoms with Gasteiger partial charge in [0.05, 0.1) is 17.7 Å². The zero-order valence-corrected chi connectivity index (χ0v) is 21.1. The number of hydrogen-bond acceptors (Lipinski definition) is 7. The minimum Gasteiger partial charge on any atom is -0.444 e. The van der Waals surface area contributed by atoms with Gasteiger partial charge in [-0.2, -0.15) is 0 Å². The van der Waals surface area contributed by atoms with Gasteiger partial charge < -0.3 is 19.6 Å². The van der Waals surface area contributed by atoms with Crippen molar-refractivity contribution < 1.29 is 28.7 Å². The zero-order chi connectivity index (χ0) is 25.5. The second-order valence-corrected chi connectivity index (χ2v) is 10.7. The molecule has 1 atom stereocenters. The van der Waals surface area contributed by atoms with Crippen LogP contribution in [-0.2, 0) is 20.8 Å². The minimum atomic E-state index is -0.911. The van der Waals surface area contributed by atoms with E-state index in [9.17, 15) is 19.1 Å². The number of ether oxygens (including phenoxy) is 1. The Morgan fingerprint density at radius 2 is 1.86 bits per heavy atom. The number of carbonyl (C=O) groups is 2. The SMILES string of the molecule is CC(C)(C)OC(=O)N1CCC(Cc2cncc(F)c2)(C(=O)NOC[C@H](O)CN2CCCCC2)CC1. The van der Waals surface area contributed by atoms with E-state index in [-0.39, 0.29) is 18.9 Å². The van der Waals surface area contributed by atoms with Crippen LogP contribution in [0.3, 0.4) is 0 Å². The van der Waals surface area contributed by atoms with E-state index < -0.39 is 29.0 Å². The summed E-state index contributed by atoms with van der Waals surface area (Å²) in [5.41, 5.74) is 1.58. The van der Waals surface area contributed by atoms with Crippen molar-refractivity contribution in [3.8, 4) is 0 Å². The number of hydrogen-bond donors (Lipinski definition) is 2. The monoisotopic (exact) mass is 494 g/mol. The van der Waals surface area contributed by atoms with Gasteiger partial charge in [-0.15, -0.1) is 0 Å². The average molecular weight is 495 g/mol. The predicted octanol–water partition coefficient (Wildman–Crippen LogP) is 2.68. The van der Waals surface area contributed by atoms with Crippen molar-refractivity contribution in [1.82, 2.24) is 20.3 Å². The Balaban J connectivity index is 1.60. The third-order valence-corrected chi connectivity index (χ3v) is 6.52. The molecule has 2 aliphatic rings. The van der Waals surface area contributed by atoms with E-state index in [0.29, 0.717) is 38.0 Å². The summed E-state index contributed by atoms with van der Waals surface area (Å²) in [4.78, 5) is 38.9. The summed E-state index contributed by atoms with van der Waals surface area (Å²) in [6.07, 6.45) is 5.96. The van der Waals surface area contributed by atoms with Crippen LogP contribution in [0.2, 0.25) is 0 Å². The van der Waals surface area contributed by atoms with Gasteiger partial charge in [0.2, 0.25) is 5.91 Å². The van der Waals surface area contributed by atoms with Crippen molar-refractivity contribution in [3.05, 3.63) is 29.8 Å². The molecule has 3 heterocycles. The Hall–Kier alpha value is -2.30. The van der Waals surface area contributed by atoms with Gasteiger partial charge in [-0.3, -0.25) is 14.6 Å². The van der Waals surface area contributed by atoms with Crippen LogP contribution in [0.15, 0.2) is 18.5 Å². The molecule has 0 radical (unpaired) electrons. The molecule has 10 heteroatoms. The van der Waals surface area contributed by atoms with Crippen molar-refractivity contribution in [2.45, 2.75) is 71.0 Å². The number of rotatable bonds is 8. The number of pyridine rings is 1. The minimum absolute atomic E-state index is 0.0239. The van der Waals surface area contributed by atoms with E-state index in [1.807, 2.05) is 0 Å². The number of likely N-dealkylation sites (tertiary alicyclic amines) is 2. The molecular weight excluding hydrogens is 455 g/mol. The van der Waals surface area contributed by atoms with Gasteiger partial charge in [-0.25, -0.2) is 14.7 Å². The Labute approximate surface area is 206 Å². The first-order valence-corrected chi connectivity index (χ1v) is 12.5. The smallest absolute Gasteiger partial charge is 0.410 e. The lowest BCUT2D eigenvalue weighted by Crippen LogP contribution is -2.52. The van der Waals surface area contributed by atoms with Gasteiger partial charge in [-0.1, -0.05) is 6.42 Å². The van der Waals surface area contributed by atoms with Crippen molar-refractivity contribution in [2.75, 3.05) is 39.3 Å². The Bertz CT molecular complexity index is 849. The third kappa shape index (κ3) is 8.40. The van der Waals surface area contributed by atoms with Crippen LogP contribution in [-0.4, -0.2) is 82.9 Å². The summed E-state index contributed by atoms with van der Waals surface area (Å²) in [6.45, 7) is 8.46. The van der Waals surface area contributed by atoms with E-state index in [1.165, 1.54) is 12.5 Å². The van der Waals surface area contributed by atoms with Crippen LogP contribution >= 0.6 is 0 Å². The van der Waals surface area contributed by atoms with Crippen molar-refractivity contribution in [3.63, 3.8) is 0 Å². The maximum absolute atomic E-state index is 13.8. The molecule has 2 fully saturated rings. The summed E-state index contributed by atoms with van der Waals surface area (Å²) in [5, 5.41) is 10.3. The Kier molecular flexibility index (Phi) is 9.43. The quantitative estimate of drug-likeness (QED) is 0.536. The third-order valence-electron chi connectivity index (χ3n) is 6.52. The number of aliphatic hydroxyl groups excluding tert-OH is 1. The number of aromatic nitrogens is 1. The molecule has 0 aromatic carbocycles. The van der Waals surface area contributed by atoms with Crippen molar-refractivity contribution >= 4 is 12.0 Å². The molecule has 2 amide bonds. The molecule has 2 aliphatic heterocycles. The molecule has 196 valence electrons. The van der Waals surface area contributed by atoms with E-state index in [4.69, 9.17) is 9.57 Å². The van der Waals surface area contributed by atoms with Crippen LogP contribution in [0.25, 0.3) is 0 Å². The first kappa shape index (κ1) is 27.3. The molecule has 1 aromatic heterocycles. The van der Waals surface area contributed by atoms with Gasteiger partial charge in [0, 0.05) is 25.8 Å². The van der Waals surface area contributed by atoms with E-state index in [2.05, 4.69) is 15.4 Å². The fourth-order valence-corrected chi connectivity index (χ4v) is 4.68. The van der Waals surface area contributed by atoms with Gasteiger partial charge >= 0.3 is 6.09 Å². The van der Waals surface area contributed by atoms with E-state index >= 15 is 0 Å². The molecule has 2 saturated heterocycles. The number of halogens is 1. The standard InChI is InChI=1S/C25H39FN4O5/c1-24(2,3)35-23(33)30-11-7-25(8-12-30,14-19-13-20(26)16-27-15-19)22(32)28-34-18-21(31)17-29-9-5-4-6-10-29/h13,15-16,21,31H,4-12,14,17-18H2,1-3H3,(H,28,32)/t21-/m1/s1. The number of nitrogens with one attached hydrogen (secondary N) is 1. The fraction of sp³-hybridized carbons (Fsp3) is 0.720. The number of carbonyl (C=O) groups excluding carboxylic acids is 2. The molecule has 1 aromatic rings. The summed E-state index contributed by atoms with van der Waals surface area (Å²) < 4.78 is 19.2. The van der Waals surface area contributed by atoms with Crippen LogP contribution in [0.1, 0.15) is 58.4 Å². The maximum atomic E-state index is 13.8. The molecule has 2 N–H and O–H groups in total. The second-order valence-electron chi connectivity index (χ2n) is 10.7. The highest BCUT2D eigenvalue weighted by atomic mass is 19.1. The average Bonchev–Trinajstić information content (AvgIpc) is 2.79. The van der Waals surface area contributed by atoms with Gasteiger partial charge in [0.15, 0.2) is 0 Å². The van der Waals surface area contributed by atoms with E-state index in [0.717, 1.165) is 32.1 Å². The molecule has 0 aliphatic carbocycles. The summed E-state index contributed by atoms with van der Waals surface area (Å²) in [6, 6.07) is 1.37. The fourth-order valence-electron chi connectivity index (χ4n) is 4.68.